The number of hydrogen-bond donors (Lipinski definition) is 0. The van der Waals surface area contributed by atoms with Gasteiger partial charge in [-0.1, -0.05) is 0 Å². The van der Waals surface area contributed by atoms with Crippen molar-refractivity contribution in [2.75, 3.05) is 6.61 Å². The Bertz CT molecular complexity index is 136. The third kappa shape index (κ3) is 0.389. The molecule has 0 aromatic carbocycles. The highest BCUT2D eigenvalue weighted by atomic mass is 16.5. The quantitative estimate of drug-likeness (QED) is 0.477. The van der Waals surface area contributed by atoms with Crippen molar-refractivity contribution in [3.63, 3.8) is 0 Å². The summed E-state index contributed by atoms with van der Waals surface area (Å²) in [7, 11) is 0. The Morgan fingerprint density at radius 2 is 1.67 bits per heavy atom. The van der Waals surface area contributed by atoms with Gasteiger partial charge in [0.05, 0.1) is 5.60 Å². The fraction of sp³-hybridized carbons (Fsp3) is 1.00. The SMILES string of the molecule is C1CC2(CC2)C2(CC2)O1. The standard InChI is InChI=1S/C8H12O/c1-2-7(1)5-6-9-8(7)3-4-8/h1-6H2. The van der Waals surface area contributed by atoms with E-state index in [1.54, 1.807) is 0 Å². The highest BCUT2D eigenvalue weighted by Gasteiger charge is 2.68. The van der Waals surface area contributed by atoms with Gasteiger partial charge >= 0.3 is 0 Å². The van der Waals surface area contributed by atoms with E-state index in [9.17, 15) is 0 Å². The lowest BCUT2D eigenvalue weighted by Crippen LogP contribution is -2.17. The average molecular weight is 124 g/mol. The molecule has 1 aliphatic heterocycles. The van der Waals surface area contributed by atoms with E-state index in [0.717, 1.165) is 12.0 Å². The first-order valence-electron chi connectivity index (χ1n) is 4.01. The van der Waals surface area contributed by atoms with Crippen LogP contribution >= 0.6 is 0 Å². The monoisotopic (exact) mass is 124 g/mol. The minimum atomic E-state index is 0.451. The van der Waals surface area contributed by atoms with Crippen LogP contribution in [0.15, 0.2) is 0 Å². The van der Waals surface area contributed by atoms with E-state index in [4.69, 9.17) is 4.74 Å². The molecule has 1 nitrogen and oxygen atoms in total. The molecule has 2 spiro atoms. The normalized spacial score (nSPS) is 40.0. The van der Waals surface area contributed by atoms with Gasteiger partial charge in [-0.05, 0) is 32.1 Å². The van der Waals surface area contributed by atoms with Crippen LogP contribution in [-0.4, -0.2) is 12.2 Å². The van der Waals surface area contributed by atoms with Crippen molar-refractivity contribution >= 4 is 0 Å². The summed E-state index contributed by atoms with van der Waals surface area (Å²) in [4.78, 5) is 0. The molecule has 3 fully saturated rings. The number of rotatable bonds is 0. The molecule has 1 heterocycles. The second-order valence-corrected chi connectivity index (χ2v) is 3.87. The smallest absolute Gasteiger partial charge is 0.0741 e. The Labute approximate surface area is 55.4 Å². The van der Waals surface area contributed by atoms with Gasteiger partial charge in [-0.3, -0.25) is 0 Å². The van der Waals surface area contributed by atoms with Crippen molar-refractivity contribution in [3.05, 3.63) is 0 Å². The van der Waals surface area contributed by atoms with Crippen LogP contribution < -0.4 is 0 Å². The molecule has 0 atom stereocenters. The van der Waals surface area contributed by atoms with E-state index in [-0.39, 0.29) is 0 Å². The van der Waals surface area contributed by atoms with Gasteiger partial charge < -0.3 is 4.74 Å². The molecule has 0 bridgehead atoms. The summed E-state index contributed by atoms with van der Waals surface area (Å²) in [5.74, 6) is 0. The van der Waals surface area contributed by atoms with E-state index in [1.807, 2.05) is 0 Å². The van der Waals surface area contributed by atoms with Gasteiger partial charge in [-0.25, -0.2) is 0 Å². The first kappa shape index (κ1) is 4.73. The van der Waals surface area contributed by atoms with E-state index < -0.39 is 0 Å². The summed E-state index contributed by atoms with van der Waals surface area (Å²) in [6.07, 6.45) is 7.03. The summed E-state index contributed by atoms with van der Waals surface area (Å²) < 4.78 is 5.73. The van der Waals surface area contributed by atoms with E-state index in [2.05, 4.69) is 0 Å². The van der Waals surface area contributed by atoms with E-state index in [1.165, 1.54) is 32.1 Å². The lowest BCUT2D eigenvalue weighted by atomic mass is 9.96. The highest BCUT2D eigenvalue weighted by molar-refractivity contribution is 5.19. The molecule has 0 radical (unpaired) electrons. The van der Waals surface area contributed by atoms with Gasteiger partial charge in [0, 0.05) is 12.0 Å². The zero-order chi connectivity index (χ0) is 5.95. The number of ether oxygens (including phenoxy) is 1. The Morgan fingerprint density at radius 3 is 2.11 bits per heavy atom. The molecule has 50 valence electrons. The molecule has 3 aliphatic rings. The maximum atomic E-state index is 5.73. The van der Waals surface area contributed by atoms with Crippen molar-refractivity contribution in [2.45, 2.75) is 37.7 Å². The van der Waals surface area contributed by atoms with Crippen LogP contribution in [-0.2, 0) is 4.74 Å². The summed E-state index contributed by atoms with van der Waals surface area (Å²) >= 11 is 0. The topological polar surface area (TPSA) is 9.23 Å². The van der Waals surface area contributed by atoms with Crippen LogP contribution in [0.5, 0.6) is 0 Å². The van der Waals surface area contributed by atoms with Crippen LogP contribution in [0.3, 0.4) is 0 Å². The fourth-order valence-electron chi connectivity index (χ4n) is 2.47. The van der Waals surface area contributed by atoms with Crippen LogP contribution in [0.4, 0.5) is 0 Å². The van der Waals surface area contributed by atoms with Gasteiger partial charge in [-0.15, -0.1) is 0 Å². The van der Waals surface area contributed by atoms with Crippen LogP contribution in [0.1, 0.15) is 32.1 Å². The summed E-state index contributed by atoms with van der Waals surface area (Å²) in [5.41, 5.74) is 1.18. The molecule has 0 amide bonds. The maximum absolute atomic E-state index is 5.73. The predicted molar refractivity (Wildman–Crippen MR) is 34.2 cm³/mol. The third-order valence-electron chi connectivity index (χ3n) is 3.48. The summed E-state index contributed by atoms with van der Waals surface area (Å²) in [6.45, 7) is 1.06. The van der Waals surface area contributed by atoms with Crippen molar-refractivity contribution in [2.24, 2.45) is 5.41 Å². The molecule has 2 aliphatic carbocycles. The molecule has 9 heavy (non-hydrogen) atoms. The Hall–Kier alpha value is -0.0400. The molecule has 3 rings (SSSR count). The predicted octanol–water partition coefficient (Wildman–Crippen LogP) is 1.72. The van der Waals surface area contributed by atoms with E-state index >= 15 is 0 Å². The highest BCUT2D eigenvalue weighted by Crippen LogP contribution is 2.70. The number of hydrogen-bond acceptors (Lipinski definition) is 1. The summed E-state index contributed by atoms with van der Waals surface area (Å²) in [5, 5.41) is 0. The lowest BCUT2D eigenvalue weighted by Gasteiger charge is -2.13. The molecule has 0 aromatic rings. The zero-order valence-electron chi connectivity index (χ0n) is 5.65. The molecule has 0 N–H and O–H groups in total. The minimum Gasteiger partial charge on any atom is -0.374 e. The van der Waals surface area contributed by atoms with Gasteiger partial charge in [0.1, 0.15) is 0 Å². The Balaban J connectivity index is 2.00. The summed E-state index contributed by atoms with van der Waals surface area (Å²) in [6, 6.07) is 0. The maximum Gasteiger partial charge on any atom is 0.0741 e. The zero-order valence-corrected chi connectivity index (χ0v) is 5.65. The molecule has 0 aromatic heterocycles. The Kier molecular flexibility index (Phi) is 0.563. The third-order valence-corrected chi connectivity index (χ3v) is 3.48. The molecule has 0 unspecified atom stereocenters. The molecular weight excluding hydrogens is 112 g/mol. The van der Waals surface area contributed by atoms with Gasteiger partial charge in [0.25, 0.3) is 0 Å². The van der Waals surface area contributed by atoms with Crippen molar-refractivity contribution in [3.8, 4) is 0 Å². The van der Waals surface area contributed by atoms with Crippen molar-refractivity contribution < 1.29 is 4.74 Å². The van der Waals surface area contributed by atoms with Gasteiger partial charge in [0.2, 0.25) is 0 Å². The molecule has 1 saturated heterocycles. The molecular formula is C8H12O. The second-order valence-electron chi connectivity index (χ2n) is 3.87. The van der Waals surface area contributed by atoms with E-state index in [0.29, 0.717) is 5.60 Å². The van der Waals surface area contributed by atoms with Crippen LogP contribution in [0.2, 0.25) is 0 Å². The molecule has 2 saturated carbocycles. The second kappa shape index (κ2) is 1.07. The van der Waals surface area contributed by atoms with Crippen molar-refractivity contribution in [1.82, 2.24) is 0 Å². The lowest BCUT2D eigenvalue weighted by molar-refractivity contribution is 0.0614. The van der Waals surface area contributed by atoms with Gasteiger partial charge in [-0.2, -0.15) is 0 Å². The average Bonchev–Trinajstić information content (AvgIpc) is 2.51. The first-order chi connectivity index (χ1) is 4.37. The van der Waals surface area contributed by atoms with Crippen LogP contribution in [0, 0.1) is 5.41 Å². The van der Waals surface area contributed by atoms with Crippen LogP contribution in [0.25, 0.3) is 0 Å². The minimum absolute atomic E-state index is 0.451. The van der Waals surface area contributed by atoms with Crippen molar-refractivity contribution in [1.29, 1.82) is 0 Å². The Morgan fingerprint density at radius 1 is 0.889 bits per heavy atom. The molecule has 1 heteroatoms. The van der Waals surface area contributed by atoms with Gasteiger partial charge in [0.15, 0.2) is 0 Å². The first-order valence-corrected chi connectivity index (χ1v) is 4.01. The fourth-order valence-corrected chi connectivity index (χ4v) is 2.47. The largest absolute Gasteiger partial charge is 0.374 e. The number of fused-ring (bicyclic) bond motifs is 1.